The summed E-state index contributed by atoms with van der Waals surface area (Å²) in [6, 6.07) is -1.38. The number of rotatable bonds is 3. The fourth-order valence-electron chi connectivity index (χ4n) is 2.15. The number of hydrogen-bond acceptors (Lipinski definition) is 8. The van der Waals surface area contributed by atoms with Gasteiger partial charge in [0.25, 0.3) is 0 Å². The lowest BCUT2D eigenvalue weighted by Crippen LogP contribution is -2.54. The van der Waals surface area contributed by atoms with Gasteiger partial charge in [-0.15, -0.1) is 0 Å². The lowest BCUT2D eigenvalue weighted by atomic mass is 10.2. The van der Waals surface area contributed by atoms with Crippen LogP contribution in [0.2, 0.25) is 0 Å². The van der Waals surface area contributed by atoms with Crippen molar-refractivity contribution in [2.45, 2.75) is 24.3 Å². The van der Waals surface area contributed by atoms with Crippen LogP contribution < -0.4 is 10.9 Å². The predicted octanol–water partition coefficient (Wildman–Crippen LogP) is -3.60. The number of hydrogen-bond donors (Lipinski definition) is 4. The summed E-state index contributed by atoms with van der Waals surface area (Å²) in [4.78, 5) is 0. The smallest absolute Gasteiger partial charge is 0.154 e. The molecule has 2 aliphatic heterocycles. The Morgan fingerprint density at radius 3 is 1.28 bits per heavy atom. The van der Waals surface area contributed by atoms with Gasteiger partial charge >= 0.3 is 0 Å². The lowest BCUT2D eigenvalue weighted by Gasteiger charge is -2.20. The Labute approximate surface area is 105 Å². The van der Waals surface area contributed by atoms with Crippen LogP contribution in [0.5, 0.6) is 0 Å². The zero-order chi connectivity index (χ0) is 13.6. The van der Waals surface area contributed by atoms with Gasteiger partial charge in [-0.05, 0) is 0 Å². The van der Waals surface area contributed by atoms with Gasteiger partial charge in [-0.2, -0.15) is 0 Å². The Balaban J connectivity index is 1.90. The molecule has 106 valence electrons. The first-order valence-corrected chi connectivity index (χ1v) is 9.11. The zero-order valence-electron chi connectivity index (χ0n) is 9.48. The quantitative estimate of drug-likeness (QED) is 0.393. The summed E-state index contributed by atoms with van der Waals surface area (Å²) < 4.78 is 45.0. The van der Waals surface area contributed by atoms with Crippen LogP contribution in [0.1, 0.15) is 0 Å². The van der Waals surface area contributed by atoms with Crippen LogP contribution in [0.3, 0.4) is 0 Å². The number of hydrazine groups is 1. The van der Waals surface area contributed by atoms with Crippen molar-refractivity contribution in [3.05, 3.63) is 0 Å². The van der Waals surface area contributed by atoms with E-state index in [-0.39, 0.29) is 23.0 Å². The van der Waals surface area contributed by atoms with Crippen molar-refractivity contribution in [1.82, 2.24) is 10.9 Å². The van der Waals surface area contributed by atoms with E-state index in [4.69, 9.17) is 0 Å². The van der Waals surface area contributed by atoms with Crippen LogP contribution in [0.4, 0.5) is 0 Å². The second kappa shape index (κ2) is 4.69. The number of aliphatic hydroxyl groups is 2. The fraction of sp³-hybridized carbons (Fsp3) is 1.00. The molecule has 18 heavy (non-hydrogen) atoms. The normalized spacial score (nSPS) is 42.1. The maximum Gasteiger partial charge on any atom is 0.154 e. The van der Waals surface area contributed by atoms with Gasteiger partial charge in [0.1, 0.15) is 0 Å². The van der Waals surface area contributed by atoms with E-state index >= 15 is 0 Å². The van der Waals surface area contributed by atoms with E-state index in [0.29, 0.717) is 0 Å². The van der Waals surface area contributed by atoms with Crippen LogP contribution in [0.15, 0.2) is 0 Å². The third kappa shape index (κ3) is 3.19. The number of aliphatic hydroxyl groups excluding tert-OH is 2. The molecule has 0 radical (unpaired) electrons. The molecule has 4 atom stereocenters. The summed E-state index contributed by atoms with van der Waals surface area (Å²) >= 11 is 0. The molecule has 0 saturated carbocycles. The van der Waals surface area contributed by atoms with Crippen molar-refractivity contribution in [2.24, 2.45) is 0 Å². The molecule has 8 nitrogen and oxygen atoms in total. The average molecular weight is 300 g/mol. The Hall–Kier alpha value is -0.260. The molecule has 0 spiro atoms. The van der Waals surface area contributed by atoms with E-state index in [1.807, 2.05) is 0 Å². The SMILES string of the molecule is O=S1(=O)C[C@@H](O)[C@@H](NN[C@@H]2CS(=O)(=O)C[C@@H]2O)C1. The van der Waals surface area contributed by atoms with Crippen molar-refractivity contribution >= 4 is 19.7 Å². The van der Waals surface area contributed by atoms with Crippen molar-refractivity contribution in [2.75, 3.05) is 23.0 Å². The molecule has 2 aliphatic rings. The van der Waals surface area contributed by atoms with Gasteiger partial charge in [-0.25, -0.2) is 16.8 Å². The summed E-state index contributed by atoms with van der Waals surface area (Å²) in [6.45, 7) is 0. The molecule has 2 fully saturated rings. The van der Waals surface area contributed by atoms with Gasteiger partial charge in [0.15, 0.2) is 19.7 Å². The van der Waals surface area contributed by atoms with Gasteiger partial charge in [0.05, 0.1) is 47.3 Å². The third-order valence-corrected chi connectivity index (χ3v) is 6.53. The summed E-state index contributed by atoms with van der Waals surface area (Å²) in [5.41, 5.74) is 5.19. The third-order valence-electron chi connectivity index (χ3n) is 3.10. The first kappa shape index (κ1) is 14.2. The first-order chi connectivity index (χ1) is 8.19. The Morgan fingerprint density at radius 1 is 0.722 bits per heavy atom. The molecule has 10 heteroatoms. The predicted molar refractivity (Wildman–Crippen MR) is 63.2 cm³/mol. The molecule has 0 aromatic carbocycles. The van der Waals surface area contributed by atoms with Gasteiger partial charge in [0, 0.05) is 0 Å². The minimum atomic E-state index is -3.26. The van der Waals surface area contributed by atoms with Crippen LogP contribution in [0.25, 0.3) is 0 Å². The highest BCUT2D eigenvalue weighted by atomic mass is 32.2. The number of nitrogens with one attached hydrogen (secondary N) is 2. The second-order valence-corrected chi connectivity index (χ2v) is 9.10. The summed E-state index contributed by atoms with van der Waals surface area (Å²) in [6.07, 6.45) is -2.06. The van der Waals surface area contributed by atoms with Crippen LogP contribution in [0, 0.1) is 0 Å². The molecule has 2 rings (SSSR count). The molecule has 2 heterocycles. The maximum atomic E-state index is 11.2. The first-order valence-electron chi connectivity index (χ1n) is 5.46. The topological polar surface area (TPSA) is 133 Å². The van der Waals surface area contributed by atoms with E-state index in [2.05, 4.69) is 10.9 Å². The standard InChI is InChI=1S/C8H16N2O6S2/c11-7-3-17(13,14)1-5(7)9-10-6-2-18(15,16)4-8(6)12/h5-12H,1-4H2/t5-,6+,7+,8-. The average Bonchev–Trinajstić information content (AvgIpc) is 2.59. The van der Waals surface area contributed by atoms with E-state index in [0.717, 1.165) is 0 Å². The molecule has 0 bridgehead atoms. The van der Waals surface area contributed by atoms with Gasteiger partial charge in [0.2, 0.25) is 0 Å². The van der Waals surface area contributed by atoms with Crippen molar-refractivity contribution in [3.8, 4) is 0 Å². The van der Waals surface area contributed by atoms with E-state index in [9.17, 15) is 27.0 Å². The van der Waals surface area contributed by atoms with Crippen LogP contribution in [-0.4, -0.2) is 74.4 Å². The Bertz CT molecular complexity index is 468. The highest BCUT2D eigenvalue weighted by molar-refractivity contribution is 7.92. The molecular formula is C8H16N2O6S2. The maximum absolute atomic E-state index is 11.2. The molecule has 0 aromatic rings. The van der Waals surface area contributed by atoms with Crippen molar-refractivity contribution in [3.63, 3.8) is 0 Å². The summed E-state index contributed by atoms with van der Waals surface area (Å²) in [7, 11) is -6.52. The molecule has 2 saturated heterocycles. The zero-order valence-corrected chi connectivity index (χ0v) is 11.1. The van der Waals surface area contributed by atoms with Crippen LogP contribution >= 0.6 is 0 Å². The van der Waals surface area contributed by atoms with E-state index < -0.39 is 44.0 Å². The fourth-order valence-corrected chi connectivity index (χ4v) is 5.63. The van der Waals surface area contributed by atoms with Gasteiger partial charge < -0.3 is 10.2 Å². The molecule has 0 aromatic heterocycles. The highest BCUT2D eigenvalue weighted by Gasteiger charge is 2.39. The second-order valence-electron chi connectivity index (χ2n) is 4.79. The van der Waals surface area contributed by atoms with Crippen molar-refractivity contribution < 1.29 is 27.0 Å². The Morgan fingerprint density at radius 2 is 1.06 bits per heavy atom. The van der Waals surface area contributed by atoms with E-state index in [1.165, 1.54) is 0 Å². The van der Waals surface area contributed by atoms with Crippen LogP contribution in [-0.2, 0) is 19.7 Å². The highest BCUT2D eigenvalue weighted by Crippen LogP contribution is 2.14. The molecule has 4 N–H and O–H groups in total. The molecular weight excluding hydrogens is 284 g/mol. The minimum Gasteiger partial charge on any atom is -0.390 e. The monoisotopic (exact) mass is 300 g/mol. The summed E-state index contributed by atoms with van der Waals surface area (Å²) in [5, 5.41) is 19.0. The van der Waals surface area contributed by atoms with Gasteiger partial charge in [-0.3, -0.25) is 10.9 Å². The minimum absolute atomic E-state index is 0.212. The lowest BCUT2D eigenvalue weighted by molar-refractivity contribution is 0.127. The van der Waals surface area contributed by atoms with E-state index in [1.54, 1.807) is 0 Å². The van der Waals surface area contributed by atoms with Crippen molar-refractivity contribution in [1.29, 1.82) is 0 Å². The molecule has 0 aliphatic carbocycles. The number of sulfone groups is 2. The molecule has 0 unspecified atom stereocenters. The Kier molecular flexibility index (Phi) is 3.69. The largest absolute Gasteiger partial charge is 0.390 e. The molecule has 0 amide bonds. The van der Waals surface area contributed by atoms with Gasteiger partial charge in [-0.1, -0.05) is 0 Å². The summed E-state index contributed by atoms with van der Waals surface area (Å²) in [5.74, 6) is -1.04.